The van der Waals surface area contributed by atoms with Gasteiger partial charge in [-0.15, -0.1) is 0 Å². The van der Waals surface area contributed by atoms with Crippen LogP contribution in [0, 0.1) is 5.82 Å². The minimum Gasteiger partial charge on any atom is -0.325 e. The largest absolute Gasteiger partial charge is 0.325 e. The van der Waals surface area contributed by atoms with Crippen molar-refractivity contribution in [2.24, 2.45) is 0 Å². The molecule has 1 heterocycles. The number of nitrogens with one attached hydrogen (secondary N) is 2. The molecule has 0 spiro atoms. The third kappa shape index (κ3) is 5.44. The van der Waals surface area contributed by atoms with Crippen molar-refractivity contribution in [2.45, 2.75) is 32.2 Å². The van der Waals surface area contributed by atoms with Gasteiger partial charge in [-0.05, 0) is 51.1 Å². The van der Waals surface area contributed by atoms with Crippen LogP contribution in [-0.4, -0.2) is 43.0 Å². The monoisotopic (exact) mass is 293 g/mol. The molecule has 0 saturated carbocycles. The predicted molar refractivity (Wildman–Crippen MR) is 82.8 cm³/mol. The number of carbonyl (C=O) groups is 1. The van der Waals surface area contributed by atoms with Crippen molar-refractivity contribution in [1.82, 2.24) is 10.2 Å². The number of anilines is 1. The molecule has 21 heavy (non-hydrogen) atoms. The molecule has 1 aromatic rings. The number of hydrogen-bond donors (Lipinski definition) is 2. The SMILES string of the molecule is CC(CNCC(=O)Nc1cccc(F)c1)N1CCCCC1. The molecule has 2 rings (SSSR count). The first-order valence-corrected chi connectivity index (χ1v) is 7.65. The van der Waals surface area contributed by atoms with Crippen molar-refractivity contribution in [3.05, 3.63) is 30.1 Å². The van der Waals surface area contributed by atoms with Crippen LogP contribution in [0.15, 0.2) is 24.3 Å². The van der Waals surface area contributed by atoms with Crippen LogP contribution in [0.1, 0.15) is 26.2 Å². The molecule has 1 unspecified atom stereocenters. The van der Waals surface area contributed by atoms with Gasteiger partial charge in [-0.3, -0.25) is 9.69 Å². The van der Waals surface area contributed by atoms with Gasteiger partial charge in [-0.2, -0.15) is 0 Å². The molecule has 1 aromatic carbocycles. The summed E-state index contributed by atoms with van der Waals surface area (Å²) in [6.45, 7) is 5.52. The molecule has 4 nitrogen and oxygen atoms in total. The number of nitrogens with zero attached hydrogens (tertiary/aromatic N) is 1. The highest BCUT2D eigenvalue weighted by Gasteiger charge is 2.16. The first-order valence-electron chi connectivity index (χ1n) is 7.65. The Morgan fingerprint density at radius 2 is 2.10 bits per heavy atom. The number of halogens is 1. The van der Waals surface area contributed by atoms with E-state index in [4.69, 9.17) is 0 Å². The second-order valence-corrected chi connectivity index (χ2v) is 5.64. The highest BCUT2D eigenvalue weighted by molar-refractivity contribution is 5.92. The Morgan fingerprint density at radius 3 is 2.81 bits per heavy atom. The van der Waals surface area contributed by atoms with Crippen LogP contribution < -0.4 is 10.6 Å². The molecule has 1 atom stereocenters. The van der Waals surface area contributed by atoms with Crippen LogP contribution in [0.3, 0.4) is 0 Å². The van der Waals surface area contributed by atoms with E-state index in [1.165, 1.54) is 31.4 Å². The molecule has 1 amide bonds. The Morgan fingerprint density at radius 1 is 1.33 bits per heavy atom. The van der Waals surface area contributed by atoms with E-state index in [0.29, 0.717) is 11.7 Å². The van der Waals surface area contributed by atoms with Crippen molar-refractivity contribution >= 4 is 11.6 Å². The second kappa shape index (κ2) is 8.10. The van der Waals surface area contributed by atoms with Gasteiger partial charge in [0.1, 0.15) is 5.82 Å². The summed E-state index contributed by atoms with van der Waals surface area (Å²) in [6, 6.07) is 6.36. The van der Waals surface area contributed by atoms with Crippen molar-refractivity contribution in [3.63, 3.8) is 0 Å². The quantitative estimate of drug-likeness (QED) is 0.845. The fourth-order valence-corrected chi connectivity index (χ4v) is 2.65. The van der Waals surface area contributed by atoms with E-state index in [1.807, 2.05) is 0 Å². The summed E-state index contributed by atoms with van der Waals surface area (Å²) in [7, 11) is 0. The zero-order chi connectivity index (χ0) is 15.1. The molecule has 0 bridgehead atoms. The summed E-state index contributed by atoms with van der Waals surface area (Å²) in [5, 5.41) is 5.85. The van der Waals surface area contributed by atoms with Gasteiger partial charge in [0.25, 0.3) is 0 Å². The molecular weight excluding hydrogens is 269 g/mol. The topological polar surface area (TPSA) is 44.4 Å². The Bertz CT molecular complexity index is 461. The van der Waals surface area contributed by atoms with Gasteiger partial charge in [0.05, 0.1) is 6.54 Å². The molecule has 0 radical (unpaired) electrons. The summed E-state index contributed by atoms with van der Waals surface area (Å²) in [4.78, 5) is 14.2. The van der Waals surface area contributed by atoms with E-state index >= 15 is 0 Å². The minimum atomic E-state index is -0.348. The summed E-state index contributed by atoms with van der Waals surface area (Å²) in [5.74, 6) is -0.495. The lowest BCUT2D eigenvalue weighted by molar-refractivity contribution is -0.115. The van der Waals surface area contributed by atoms with Gasteiger partial charge in [0, 0.05) is 18.3 Å². The second-order valence-electron chi connectivity index (χ2n) is 5.64. The van der Waals surface area contributed by atoms with Crippen molar-refractivity contribution < 1.29 is 9.18 Å². The fourth-order valence-electron chi connectivity index (χ4n) is 2.65. The van der Waals surface area contributed by atoms with Crippen LogP contribution >= 0.6 is 0 Å². The van der Waals surface area contributed by atoms with Gasteiger partial charge in [0.15, 0.2) is 0 Å². The van der Waals surface area contributed by atoms with Gasteiger partial charge < -0.3 is 10.6 Å². The number of rotatable bonds is 6. The zero-order valence-electron chi connectivity index (χ0n) is 12.6. The van der Waals surface area contributed by atoms with Crippen LogP contribution in [0.5, 0.6) is 0 Å². The number of benzene rings is 1. The van der Waals surface area contributed by atoms with Gasteiger partial charge in [-0.25, -0.2) is 4.39 Å². The minimum absolute atomic E-state index is 0.147. The lowest BCUT2D eigenvalue weighted by Gasteiger charge is -2.32. The number of hydrogen-bond acceptors (Lipinski definition) is 3. The number of carbonyl (C=O) groups excluding carboxylic acids is 1. The molecule has 1 aliphatic heterocycles. The summed E-state index contributed by atoms with van der Waals surface area (Å²) in [5.41, 5.74) is 0.492. The molecule has 0 aromatic heterocycles. The Hall–Kier alpha value is -1.46. The smallest absolute Gasteiger partial charge is 0.238 e. The van der Waals surface area contributed by atoms with E-state index < -0.39 is 0 Å². The fraction of sp³-hybridized carbons (Fsp3) is 0.562. The van der Waals surface area contributed by atoms with E-state index in [-0.39, 0.29) is 18.3 Å². The maximum atomic E-state index is 13.0. The van der Waals surface area contributed by atoms with Gasteiger partial charge in [-0.1, -0.05) is 12.5 Å². The standard InChI is InChI=1S/C16H24FN3O/c1-13(20-8-3-2-4-9-20)11-18-12-16(21)19-15-7-5-6-14(17)10-15/h5-7,10,13,18H,2-4,8-9,11-12H2,1H3,(H,19,21). The Balaban J connectivity index is 1.66. The molecule has 1 saturated heterocycles. The first kappa shape index (κ1) is 15.9. The third-order valence-corrected chi connectivity index (χ3v) is 3.85. The number of piperidine rings is 1. The average molecular weight is 293 g/mol. The zero-order valence-corrected chi connectivity index (χ0v) is 12.6. The molecule has 1 aliphatic rings. The Labute approximate surface area is 125 Å². The molecular formula is C16H24FN3O. The highest BCUT2D eigenvalue weighted by atomic mass is 19.1. The van der Waals surface area contributed by atoms with E-state index in [2.05, 4.69) is 22.5 Å². The normalized spacial score (nSPS) is 17.4. The Kier molecular flexibility index (Phi) is 6.14. The number of amides is 1. The van der Waals surface area contributed by atoms with Crippen molar-refractivity contribution in [3.8, 4) is 0 Å². The maximum Gasteiger partial charge on any atom is 0.238 e. The predicted octanol–water partition coefficient (Wildman–Crippen LogP) is 2.23. The van der Waals surface area contributed by atoms with Crippen LogP contribution in [-0.2, 0) is 4.79 Å². The molecule has 0 aliphatic carbocycles. The van der Waals surface area contributed by atoms with Gasteiger partial charge >= 0.3 is 0 Å². The summed E-state index contributed by atoms with van der Waals surface area (Å²) < 4.78 is 13.0. The number of likely N-dealkylation sites (tertiary alicyclic amines) is 1. The van der Waals surface area contributed by atoms with E-state index in [1.54, 1.807) is 12.1 Å². The van der Waals surface area contributed by atoms with Crippen LogP contribution in [0.2, 0.25) is 0 Å². The lowest BCUT2D eigenvalue weighted by atomic mass is 10.1. The summed E-state index contributed by atoms with van der Waals surface area (Å²) >= 11 is 0. The van der Waals surface area contributed by atoms with Gasteiger partial charge in [0.2, 0.25) is 5.91 Å². The van der Waals surface area contributed by atoms with E-state index in [9.17, 15) is 9.18 Å². The summed E-state index contributed by atoms with van der Waals surface area (Å²) in [6.07, 6.45) is 3.86. The highest BCUT2D eigenvalue weighted by Crippen LogP contribution is 2.11. The maximum absolute atomic E-state index is 13.0. The van der Waals surface area contributed by atoms with Crippen molar-refractivity contribution in [2.75, 3.05) is 31.5 Å². The molecule has 116 valence electrons. The van der Waals surface area contributed by atoms with Crippen molar-refractivity contribution in [1.29, 1.82) is 0 Å². The molecule has 2 N–H and O–H groups in total. The third-order valence-electron chi connectivity index (χ3n) is 3.85. The molecule has 5 heteroatoms. The van der Waals surface area contributed by atoms with E-state index in [0.717, 1.165) is 19.6 Å². The van der Waals surface area contributed by atoms with Crippen LogP contribution in [0.25, 0.3) is 0 Å². The van der Waals surface area contributed by atoms with Crippen LogP contribution in [0.4, 0.5) is 10.1 Å². The molecule has 1 fully saturated rings. The average Bonchev–Trinajstić information content (AvgIpc) is 2.48. The first-order chi connectivity index (χ1) is 10.1. The lowest BCUT2D eigenvalue weighted by Crippen LogP contribution is -2.44.